The van der Waals surface area contributed by atoms with Crippen molar-refractivity contribution in [2.45, 2.75) is 13.3 Å². The van der Waals surface area contributed by atoms with Crippen LogP contribution < -0.4 is 0 Å². The summed E-state index contributed by atoms with van der Waals surface area (Å²) in [4.78, 5) is 21.5. The van der Waals surface area contributed by atoms with Crippen LogP contribution in [0.25, 0.3) is 0 Å². The molecule has 1 aromatic rings. The lowest BCUT2D eigenvalue weighted by Crippen LogP contribution is -2.08. The fraction of sp³-hybridized carbons (Fsp3) is 0.200. The highest BCUT2D eigenvalue weighted by atomic mass is 16.4. The van der Waals surface area contributed by atoms with Crippen LogP contribution in [-0.2, 0) is 6.42 Å². The van der Waals surface area contributed by atoms with E-state index in [0.29, 0.717) is 12.0 Å². The Morgan fingerprint density at radius 3 is 1.86 bits per heavy atom. The van der Waals surface area contributed by atoms with E-state index in [2.05, 4.69) is 0 Å². The molecule has 4 heteroatoms. The summed E-state index contributed by atoms with van der Waals surface area (Å²) >= 11 is 0. The molecule has 0 aliphatic heterocycles. The van der Waals surface area contributed by atoms with Crippen molar-refractivity contribution in [1.29, 1.82) is 0 Å². The molecule has 1 aromatic carbocycles. The van der Waals surface area contributed by atoms with Crippen LogP contribution in [0.1, 0.15) is 33.2 Å². The maximum absolute atomic E-state index is 10.8. The van der Waals surface area contributed by atoms with E-state index in [0.717, 1.165) is 0 Å². The first-order valence-electron chi connectivity index (χ1n) is 4.16. The van der Waals surface area contributed by atoms with Gasteiger partial charge in [-0.3, -0.25) is 0 Å². The van der Waals surface area contributed by atoms with E-state index in [1.807, 2.05) is 0 Å². The summed E-state index contributed by atoms with van der Waals surface area (Å²) in [7, 11) is 0. The molecule has 0 unspecified atom stereocenters. The van der Waals surface area contributed by atoms with E-state index in [1.165, 1.54) is 18.2 Å². The van der Waals surface area contributed by atoms with Gasteiger partial charge in [0.2, 0.25) is 0 Å². The van der Waals surface area contributed by atoms with Gasteiger partial charge in [-0.1, -0.05) is 13.0 Å². The van der Waals surface area contributed by atoms with Gasteiger partial charge in [0.15, 0.2) is 0 Å². The van der Waals surface area contributed by atoms with Gasteiger partial charge in [-0.15, -0.1) is 0 Å². The fourth-order valence-corrected chi connectivity index (χ4v) is 1.37. The zero-order valence-corrected chi connectivity index (χ0v) is 7.65. The van der Waals surface area contributed by atoms with Gasteiger partial charge < -0.3 is 10.2 Å². The predicted octanol–water partition coefficient (Wildman–Crippen LogP) is 1.65. The number of carboxylic acid groups (broad SMARTS) is 2. The molecule has 1 rings (SSSR count). The average molecular weight is 194 g/mol. The number of rotatable bonds is 3. The Labute approximate surface area is 80.8 Å². The van der Waals surface area contributed by atoms with Gasteiger partial charge in [0.05, 0.1) is 11.1 Å². The highest BCUT2D eigenvalue weighted by Gasteiger charge is 2.15. The summed E-state index contributed by atoms with van der Waals surface area (Å²) in [6.07, 6.45) is 0.393. The summed E-state index contributed by atoms with van der Waals surface area (Å²) in [6, 6.07) is 4.26. The number of aromatic carboxylic acids is 2. The van der Waals surface area contributed by atoms with Crippen LogP contribution >= 0.6 is 0 Å². The van der Waals surface area contributed by atoms with E-state index < -0.39 is 11.9 Å². The first kappa shape index (κ1) is 10.2. The molecule has 0 bridgehead atoms. The van der Waals surface area contributed by atoms with Crippen LogP contribution in [0.15, 0.2) is 18.2 Å². The molecule has 0 amide bonds. The van der Waals surface area contributed by atoms with Crippen molar-refractivity contribution in [2.24, 2.45) is 0 Å². The molecule has 0 saturated carbocycles. The lowest BCUT2D eigenvalue weighted by molar-refractivity contribution is 0.0695. The van der Waals surface area contributed by atoms with E-state index >= 15 is 0 Å². The Hall–Kier alpha value is -1.84. The molecule has 0 fully saturated rings. The van der Waals surface area contributed by atoms with E-state index in [9.17, 15) is 9.59 Å². The third-order valence-corrected chi connectivity index (χ3v) is 1.99. The second-order valence-electron chi connectivity index (χ2n) is 2.80. The summed E-state index contributed by atoms with van der Waals surface area (Å²) in [5.74, 6) is -2.19. The van der Waals surface area contributed by atoms with Crippen molar-refractivity contribution in [2.75, 3.05) is 0 Å². The molecule has 0 heterocycles. The molecule has 0 spiro atoms. The highest BCUT2D eigenvalue weighted by molar-refractivity contribution is 5.96. The number of hydrogen-bond donors (Lipinski definition) is 2. The molecule has 0 radical (unpaired) electrons. The molecule has 0 aromatic heterocycles. The van der Waals surface area contributed by atoms with E-state index in [-0.39, 0.29) is 11.1 Å². The fourth-order valence-electron chi connectivity index (χ4n) is 1.37. The van der Waals surface area contributed by atoms with Gasteiger partial charge in [-0.2, -0.15) is 0 Å². The minimum absolute atomic E-state index is 0.0624. The number of benzene rings is 1. The molecule has 14 heavy (non-hydrogen) atoms. The van der Waals surface area contributed by atoms with E-state index in [4.69, 9.17) is 10.2 Å². The molecular weight excluding hydrogens is 184 g/mol. The lowest BCUT2D eigenvalue weighted by Gasteiger charge is -2.06. The molecule has 4 nitrogen and oxygen atoms in total. The smallest absolute Gasteiger partial charge is 0.335 e. The summed E-state index contributed by atoms with van der Waals surface area (Å²) in [5.41, 5.74) is 0.493. The van der Waals surface area contributed by atoms with Crippen molar-refractivity contribution < 1.29 is 19.8 Å². The Bertz CT molecular complexity index is 349. The Balaban J connectivity index is 3.39. The Morgan fingerprint density at radius 2 is 1.57 bits per heavy atom. The minimum atomic E-state index is -1.09. The summed E-state index contributed by atoms with van der Waals surface area (Å²) < 4.78 is 0. The third kappa shape index (κ3) is 1.74. The average Bonchev–Trinajstić information content (AvgIpc) is 2.16. The maximum atomic E-state index is 10.8. The van der Waals surface area contributed by atoms with Gasteiger partial charge in [0, 0.05) is 0 Å². The third-order valence-electron chi connectivity index (χ3n) is 1.99. The van der Waals surface area contributed by atoms with Crippen LogP contribution in [0.2, 0.25) is 0 Å². The minimum Gasteiger partial charge on any atom is -0.478 e. The first-order valence-corrected chi connectivity index (χ1v) is 4.16. The lowest BCUT2D eigenvalue weighted by atomic mass is 9.99. The molecule has 0 aliphatic rings. The van der Waals surface area contributed by atoms with Crippen LogP contribution in [0, 0.1) is 0 Å². The summed E-state index contributed by atoms with van der Waals surface area (Å²) in [6.45, 7) is 1.73. The second kappa shape index (κ2) is 3.91. The van der Waals surface area contributed by atoms with Gasteiger partial charge in [-0.05, 0) is 24.1 Å². The molecule has 0 aliphatic carbocycles. The standard InChI is InChI=1S/C10H10O4/c1-2-6-7(9(11)12)4-3-5-8(6)10(13)14/h3-5H,2H2,1H3,(H,11,12)(H,13,14). The zero-order chi connectivity index (χ0) is 10.7. The van der Waals surface area contributed by atoms with Crippen LogP contribution in [0.3, 0.4) is 0 Å². The molecule has 0 atom stereocenters. The highest BCUT2D eigenvalue weighted by Crippen LogP contribution is 2.15. The van der Waals surface area contributed by atoms with Crippen LogP contribution in [-0.4, -0.2) is 22.2 Å². The van der Waals surface area contributed by atoms with Crippen molar-refractivity contribution in [3.05, 3.63) is 34.9 Å². The summed E-state index contributed by atoms with van der Waals surface area (Å²) in [5, 5.41) is 17.6. The van der Waals surface area contributed by atoms with Gasteiger partial charge in [0.25, 0.3) is 0 Å². The van der Waals surface area contributed by atoms with Gasteiger partial charge in [0.1, 0.15) is 0 Å². The predicted molar refractivity (Wildman–Crippen MR) is 49.7 cm³/mol. The monoisotopic (exact) mass is 194 g/mol. The molecule has 74 valence electrons. The number of carboxylic acids is 2. The van der Waals surface area contributed by atoms with E-state index in [1.54, 1.807) is 6.92 Å². The molecular formula is C10H10O4. The first-order chi connectivity index (χ1) is 6.57. The number of hydrogen-bond acceptors (Lipinski definition) is 2. The maximum Gasteiger partial charge on any atom is 0.335 e. The molecule has 2 N–H and O–H groups in total. The van der Waals surface area contributed by atoms with Crippen molar-refractivity contribution in [3.8, 4) is 0 Å². The van der Waals surface area contributed by atoms with Crippen LogP contribution in [0.5, 0.6) is 0 Å². The van der Waals surface area contributed by atoms with Crippen molar-refractivity contribution in [3.63, 3.8) is 0 Å². The van der Waals surface area contributed by atoms with Gasteiger partial charge >= 0.3 is 11.9 Å². The van der Waals surface area contributed by atoms with Gasteiger partial charge in [-0.25, -0.2) is 9.59 Å². The number of carbonyl (C=O) groups is 2. The topological polar surface area (TPSA) is 74.6 Å². The largest absolute Gasteiger partial charge is 0.478 e. The molecule has 0 saturated heterocycles. The van der Waals surface area contributed by atoms with Crippen molar-refractivity contribution >= 4 is 11.9 Å². The Morgan fingerprint density at radius 1 is 1.14 bits per heavy atom. The zero-order valence-electron chi connectivity index (χ0n) is 7.65. The Kier molecular flexibility index (Phi) is 2.86. The normalized spacial score (nSPS) is 9.79. The SMILES string of the molecule is CCc1c(C(=O)O)cccc1C(=O)O. The second-order valence-corrected chi connectivity index (χ2v) is 2.80. The van der Waals surface area contributed by atoms with Crippen LogP contribution in [0.4, 0.5) is 0 Å². The van der Waals surface area contributed by atoms with Crippen molar-refractivity contribution in [1.82, 2.24) is 0 Å². The quantitative estimate of drug-likeness (QED) is 0.767.